The summed E-state index contributed by atoms with van der Waals surface area (Å²) in [5.74, 6) is 0.560. The predicted octanol–water partition coefficient (Wildman–Crippen LogP) is 2.15. The molecule has 0 aliphatic carbocycles. The standard InChI is InChI=1S/C17H23N5O/c1-12-8-18-7-6-15(12)19-9-13-4-5-16(23)22(3)17(13)14-10-20-21(2)11-14/h6-8,10-11,13,17H,4-5,9H2,1-3H3,(H,18,19)/t13-,17+/m1/s1. The first-order chi connectivity index (χ1) is 11.1. The Kier molecular flexibility index (Phi) is 4.32. The summed E-state index contributed by atoms with van der Waals surface area (Å²) < 4.78 is 1.79. The van der Waals surface area contributed by atoms with E-state index in [1.807, 2.05) is 50.6 Å². The molecule has 1 aliphatic rings. The Morgan fingerprint density at radius 1 is 1.35 bits per heavy atom. The molecule has 1 aliphatic heterocycles. The van der Waals surface area contributed by atoms with E-state index in [0.29, 0.717) is 12.3 Å². The molecule has 6 nitrogen and oxygen atoms in total. The SMILES string of the molecule is Cc1cnccc1NC[C@H]1CCC(=O)N(C)[C@@H]1c1cnn(C)c1. The zero-order valence-electron chi connectivity index (χ0n) is 13.9. The number of carbonyl (C=O) groups excluding carboxylic acids is 1. The number of anilines is 1. The third-order valence-corrected chi connectivity index (χ3v) is 4.63. The van der Waals surface area contributed by atoms with Gasteiger partial charge in [0, 0.05) is 62.8 Å². The van der Waals surface area contributed by atoms with Crippen molar-refractivity contribution in [3.8, 4) is 0 Å². The van der Waals surface area contributed by atoms with Crippen LogP contribution in [-0.4, -0.2) is 39.2 Å². The summed E-state index contributed by atoms with van der Waals surface area (Å²) in [6.07, 6.45) is 9.02. The van der Waals surface area contributed by atoms with Gasteiger partial charge in [-0.05, 0) is 25.0 Å². The van der Waals surface area contributed by atoms with Crippen molar-refractivity contribution in [1.82, 2.24) is 19.7 Å². The minimum atomic E-state index is 0.0691. The van der Waals surface area contributed by atoms with Crippen LogP contribution in [0.4, 0.5) is 5.69 Å². The number of amides is 1. The number of likely N-dealkylation sites (tertiary alicyclic amines) is 1. The van der Waals surface area contributed by atoms with Crippen LogP contribution >= 0.6 is 0 Å². The van der Waals surface area contributed by atoms with Crippen molar-refractivity contribution in [2.45, 2.75) is 25.8 Å². The van der Waals surface area contributed by atoms with Gasteiger partial charge in [0.15, 0.2) is 0 Å². The molecule has 0 saturated carbocycles. The van der Waals surface area contributed by atoms with Gasteiger partial charge in [0.05, 0.1) is 12.2 Å². The zero-order chi connectivity index (χ0) is 16.4. The number of pyridine rings is 1. The van der Waals surface area contributed by atoms with E-state index in [1.54, 1.807) is 10.9 Å². The van der Waals surface area contributed by atoms with Gasteiger partial charge in [-0.1, -0.05) is 0 Å². The largest absolute Gasteiger partial charge is 0.384 e. The number of rotatable bonds is 4. The average Bonchev–Trinajstić information content (AvgIpc) is 2.96. The normalized spacial score (nSPS) is 21.5. The lowest BCUT2D eigenvalue weighted by Gasteiger charge is -2.39. The molecule has 1 amide bonds. The molecule has 122 valence electrons. The highest BCUT2D eigenvalue weighted by atomic mass is 16.2. The molecule has 3 heterocycles. The summed E-state index contributed by atoms with van der Waals surface area (Å²) in [5, 5.41) is 7.79. The lowest BCUT2D eigenvalue weighted by molar-refractivity contribution is -0.136. The van der Waals surface area contributed by atoms with E-state index in [4.69, 9.17) is 0 Å². The van der Waals surface area contributed by atoms with Crippen LogP contribution < -0.4 is 5.32 Å². The highest BCUT2D eigenvalue weighted by Crippen LogP contribution is 2.35. The first-order valence-corrected chi connectivity index (χ1v) is 7.95. The number of nitrogens with zero attached hydrogens (tertiary/aromatic N) is 4. The second-order valence-corrected chi connectivity index (χ2v) is 6.27. The van der Waals surface area contributed by atoms with Crippen molar-refractivity contribution < 1.29 is 4.79 Å². The molecule has 0 radical (unpaired) electrons. The fourth-order valence-corrected chi connectivity index (χ4v) is 3.33. The number of carbonyl (C=O) groups is 1. The predicted molar refractivity (Wildman–Crippen MR) is 88.9 cm³/mol. The third-order valence-electron chi connectivity index (χ3n) is 4.63. The number of hydrogen-bond donors (Lipinski definition) is 1. The van der Waals surface area contributed by atoms with Crippen molar-refractivity contribution in [3.05, 3.63) is 42.0 Å². The molecule has 6 heteroatoms. The second kappa shape index (κ2) is 6.40. The van der Waals surface area contributed by atoms with Gasteiger partial charge in [-0.15, -0.1) is 0 Å². The Labute approximate surface area is 136 Å². The van der Waals surface area contributed by atoms with Crippen molar-refractivity contribution in [1.29, 1.82) is 0 Å². The molecule has 0 bridgehead atoms. The Hall–Kier alpha value is -2.37. The Bertz CT molecular complexity index is 696. The van der Waals surface area contributed by atoms with Crippen LogP contribution in [0, 0.1) is 12.8 Å². The summed E-state index contributed by atoms with van der Waals surface area (Å²) in [6.45, 7) is 2.87. The number of nitrogens with one attached hydrogen (secondary N) is 1. The minimum Gasteiger partial charge on any atom is -0.384 e. The first kappa shape index (κ1) is 15.5. The lowest BCUT2D eigenvalue weighted by Crippen LogP contribution is -2.42. The Morgan fingerprint density at radius 2 is 2.17 bits per heavy atom. The van der Waals surface area contributed by atoms with Crippen LogP contribution in [0.2, 0.25) is 0 Å². The van der Waals surface area contributed by atoms with E-state index in [-0.39, 0.29) is 11.9 Å². The van der Waals surface area contributed by atoms with Crippen LogP contribution in [0.1, 0.15) is 30.0 Å². The van der Waals surface area contributed by atoms with E-state index in [1.165, 1.54) is 0 Å². The molecule has 0 unspecified atom stereocenters. The summed E-state index contributed by atoms with van der Waals surface area (Å²) in [7, 11) is 3.80. The van der Waals surface area contributed by atoms with Crippen LogP contribution in [0.5, 0.6) is 0 Å². The number of piperidine rings is 1. The van der Waals surface area contributed by atoms with Crippen molar-refractivity contribution >= 4 is 11.6 Å². The lowest BCUT2D eigenvalue weighted by atomic mass is 9.85. The fourth-order valence-electron chi connectivity index (χ4n) is 3.33. The molecule has 2 atom stereocenters. The number of aryl methyl sites for hydroxylation is 2. The van der Waals surface area contributed by atoms with E-state index >= 15 is 0 Å². The van der Waals surface area contributed by atoms with Gasteiger partial charge in [0.1, 0.15) is 0 Å². The van der Waals surface area contributed by atoms with E-state index in [2.05, 4.69) is 15.4 Å². The average molecular weight is 313 g/mol. The molecule has 2 aromatic rings. The highest BCUT2D eigenvalue weighted by molar-refractivity contribution is 5.77. The molecule has 0 aromatic carbocycles. The molecule has 23 heavy (non-hydrogen) atoms. The quantitative estimate of drug-likeness (QED) is 0.939. The molecular formula is C17H23N5O. The van der Waals surface area contributed by atoms with Crippen LogP contribution in [0.15, 0.2) is 30.9 Å². The highest BCUT2D eigenvalue weighted by Gasteiger charge is 2.35. The van der Waals surface area contributed by atoms with Gasteiger partial charge in [-0.2, -0.15) is 5.10 Å². The maximum atomic E-state index is 12.1. The maximum Gasteiger partial charge on any atom is 0.222 e. The van der Waals surface area contributed by atoms with Crippen molar-refractivity contribution in [2.24, 2.45) is 13.0 Å². The molecule has 1 N–H and O–H groups in total. The molecular weight excluding hydrogens is 290 g/mol. The monoisotopic (exact) mass is 313 g/mol. The topological polar surface area (TPSA) is 63.1 Å². The first-order valence-electron chi connectivity index (χ1n) is 7.95. The summed E-state index contributed by atoms with van der Waals surface area (Å²) in [5.41, 5.74) is 3.33. The smallest absolute Gasteiger partial charge is 0.222 e. The third kappa shape index (κ3) is 3.21. The van der Waals surface area contributed by atoms with Gasteiger partial charge >= 0.3 is 0 Å². The van der Waals surface area contributed by atoms with E-state index in [0.717, 1.165) is 29.8 Å². The molecule has 1 fully saturated rings. The van der Waals surface area contributed by atoms with E-state index in [9.17, 15) is 4.79 Å². The minimum absolute atomic E-state index is 0.0691. The Balaban J connectivity index is 1.78. The molecule has 2 aromatic heterocycles. The summed E-state index contributed by atoms with van der Waals surface area (Å²) in [6, 6.07) is 2.06. The number of aromatic nitrogens is 3. The molecule has 0 spiro atoms. The summed E-state index contributed by atoms with van der Waals surface area (Å²) in [4.78, 5) is 18.1. The zero-order valence-corrected chi connectivity index (χ0v) is 13.9. The Morgan fingerprint density at radius 3 is 2.87 bits per heavy atom. The van der Waals surface area contributed by atoms with Crippen LogP contribution in [0.25, 0.3) is 0 Å². The van der Waals surface area contributed by atoms with Gasteiger partial charge in [-0.3, -0.25) is 14.5 Å². The van der Waals surface area contributed by atoms with Gasteiger partial charge in [0.25, 0.3) is 0 Å². The fraction of sp³-hybridized carbons (Fsp3) is 0.471. The second-order valence-electron chi connectivity index (χ2n) is 6.27. The van der Waals surface area contributed by atoms with Crippen LogP contribution in [-0.2, 0) is 11.8 Å². The van der Waals surface area contributed by atoms with Gasteiger partial charge in [-0.25, -0.2) is 0 Å². The molecule has 1 saturated heterocycles. The van der Waals surface area contributed by atoms with Gasteiger partial charge < -0.3 is 10.2 Å². The summed E-state index contributed by atoms with van der Waals surface area (Å²) >= 11 is 0. The number of hydrogen-bond acceptors (Lipinski definition) is 4. The van der Waals surface area contributed by atoms with Gasteiger partial charge in [0.2, 0.25) is 5.91 Å². The van der Waals surface area contributed by atoms with E-state index < -0.39 is 0 Å². The maximum absolute atomic E-state index is 12.1. The van der Waals surface area contributed by atoms with Crippen LogP contribution in [0.3, 0.4) is 0 Å². The van der Waals surface area contributed by atoms with Crippen molar-refractivity contribution in [3.63, 3.8) is 0 Å². The molecule has 3 rings (SSSR count). The van der Waals surface area contributed by atoms with Crippen molar-refractivity contribution in [2.75, 3.05) is 18.9 Å².